The zero-order chi connectivity index (χ0) is 43.9. The number of piperidine rings is 1. The van der Waals surface area contributed by atoms with Crippen molar-refractivity contribution in [2.45, 2.75) is 96.7 Å². The van der Waals surface area contributed by atoms with Crippen molar-refractivity contribution < 1.29 is 29.1 Å². The van der Waals surface area contributed by atoms with Gasteiger partial charge in [0.15, 0.2) is 11.5 Å². The molecule has 0 radical (unpaired) electrons. The molecule has 2 aliphatic carbocycles. The molecule has 2 aromatic carbocycles. The second kappa shape index (κ2) is 17.7. The predicted molar refractivity (Wildman–Crippen MR) is 240 cm³/mol. The zero-order valence-corrected chi connectivity index (χ0v) is 36.8. The van der Waals surface area contributed by atoms with E-state index in [9.17, 15) is 24.6 Å². The number of para-hydroxylation sites is 1. The number of phenols is 1. The van der Waals surface area contributed by atoms with Crippen LogP contribution in [-0.4, -0.2) is 78.4 Å². The maximum Gasteiger partial charge on any atom is 0.224 e. The number of aromatic hydroxyl groups is 1. The molecule has 6 atom stereocenters. The Morgan fingerprint density at radius 2 is 1.71 bits per heavy atom. The number of H-pyrrole nitrogens is 1. The van der Waals surface area contributed by atoms with Crippen molar-refractivity contribution >= 4 is 45.8 Å². The highest BCUT2D eigenvalue weighted by Gasteiger charge is 2.46. The van der Waals surface area contributed by atoms with Crippen molar-refractivity contribution in [3.8, 4) is 27.4 Å². The number of phenolic OH excluding ortho intramolecular Hbond substituents is 1. The van der Waals surface area contributed by atoms with Gasteiger partial charge in [-0.15, -0.1) is 21.5 Å². The minimum atomic E-state index is -0.758. The van der Waals surface area contributed by atoms with Crippen LogP contribution in [0.5, 0.6) is 5.75 Å². The molecule has 9 rings (SSSR count). The molecular weight excluding hydrogens is 817 g/mol. The smallest absolute Gasteiger partial charge is 0.224 e. The number of aliphatic hydroxyl groups excluding tert-OH is 1. The molecule has 15 heteroatoms. The molecule has 5 N–H and O–H groups in total. The fraction of sp³-hybridized carbons (Fsp3) is 0.438. The number of amides is 2. The van der Waals surface area contributed by atoms with E-state index in [0.717, 1.165) is 51.2 Å². The number of aliphatic hydroxyl groups is 1. The molecule has 1 unspecified atom stereocenters. The van der Waals surface area contributed by atoms with Crippen molar-refractivity contribution in [2.75, 3.05) is 18.0 Å². The maximum absolute atomic E-state index is 14.4. The molecule has 2 amide bonds. The summed E-state index contributed by atoms with van der Waals surface area (Å²) in [5, 5.41) is 41.8. The molecule has 14 nitrogen and oxygen atoms in total. The van der Waals surface area contributed by atoms with Crippen LogP contribution in [0.2, 0.25) is 0 Å². The number of carbonyl (C=O) groups excluding carboxylic acids is 3. The van der Waals surface area contributed by atoms with Gasteiger partial charge in [-0.3, -0.25) is 14.4 Å². The van der Waals surface area contributed by atoms with Gasteiger partial charge in [-0.1, -0.05) is 55.4 Å². The number of aromatic amines is 1. The quantitative estimate of drug-likeness (QED) is 0.0833. The summed E-state index contributed by atoms with van der Waals surface area (Å²) in [6, 6.07) is 18.6. The van der Waals surface area contributed by atoms with Gasteiger partial charge >= 0.3 is 0 Å². The molecule has 3 aliphatic rings. The number of anilines is 1. The van der Waals surface area contributed by atoms with E-state index in [1.807, 2.05) is 81.7 Å². The Kier molecular flexibility index (Phi) is 11.9. The number of nitrogens with zero attached hydrogens (tertiary/aromatic N) is 5. The van der Waals surface area contributed by atoms with Gasteiger partial charge in [0.05, 0.1) is 45.8 Å². The second-order valence-electron chi connectivity index (χ2n) is 18.0. The first-order valence-corrected chi connectivity index (χ1v) is 23.0. The number of aryl methyl sites for hydroxylation is 2. The molecule has 0 spiro atoms. The summed E-state index contributed by atoms with van der Waals surface area (Å²) in [6.45, 7) is 9.05. The minimum Gasteiger partial charge on any atom is -0.507 e. The maximum atomic E-state index is 14.4. The number of nitrogens with one attached hydrogen (secondary N) is 3. The van der Waals surface area contributed by atoms with Crippen molar-refractivity contribution in [1.29, 1.82) is 0 Å². The third kappa shape index (κ3) is 8.60. The summed E-state index contributed by atoms with van der Waals surface area (Å²) >= 11 is 1.59. The lowest BCUT2D eigenvalue weighted by Gasteiger charge is -2.32. The van der Waals surface area contributed by atoms with Crippen molar-refractivity contribution in [2.24, 2.45) is 23.7 Å². The molecule has 0 bridgehead atoms. The van der Waals surface area contributed by atoms with Crippen LogP contribution in [0, 0.1) is 30.6 Å². The topological polar surface area (TPSA) is 199 Å². The van der Waals surface area contributed by atoms with Crippen LogP contribution in [0.1, 0.15) is 93.1 Å². The summed E-state index contributed by atoms with van der Waals surface area (Å²) < 4.78 is 5.90. The molecule has 1 aliphatic heterocycles. The van der Waals surface area contributed by atoms with Crippen LogP contribution >= 0.6 is 11.3 Å². The average molecular weight is 871 g/mol. The van der Waals surface area contributed by atoms with Gasteiger partial charge in [-0.2, -0.15) is 0 Å². The Hall–Kier alpha value is -5.93. The molecule has 4 aromatic heterocycles. The van der Waals surface area contributed by atoms with E-state index in [0.29, 0.717) is 60.8 Å². The normalized spacial score (nSPS) is 21.3. The number of ketones is 1. The monoisotopic (exact) mass is 870 g/mol. The van der Waals surface area contributed by atoms with Crippen LogP contribution in [-0.2, 0) is 27.2 Å². The summed E-state index contributed by atoms with van der Waals surface area (Å²) in [5.74, 6) is -1.35. The third-order valence-electron chi connectivity index (χ3n) is 13.5. The van der Waals surface area contributed by atoms with Gasteiger partial charge in [0.25, 0.3) is 0 Å². The first-order valence-electron chi connectivity index (χ1n) is 22.1. The highest BCUT2D eigenvalue weighted by atomic mass is 32.1. The molecule has 5 heterocycles. The first kappa shape index (κ1) is 42.4. The van der Waals surface area contributed by atoms with E-state index in [-0.39, 0.29) is 60.1 Å². The number of carbonyl (C=O) groups is 3. The summed E-state index contributed by atoms with van der Waals surface area (Å²) in [7, 11) is 0. The van der Waals surface area contributed by atoms with E-state index in [2.05, 4.69) is 40.9 Å². The van der Waals surface area contributed by atoms with Crippen molar-refractivity contribution in [1.82, 2.24) is 36.0 Å². The first-order chi connectivity index (χ1) is 30.4. The van der Waals surface area contributed by atoms with E-state index in [4.69, 9.17) is 4.52 Å². The lowest BCUT2D eigenvalue weighted by atomic mass is 9.79. The molecule has 6 aromatic rings. The summed E-state index contributed by atoms with van der Waals surface area (Å²) in [5.41, 5.74) is 8.99. The molecule has 1 saturated heterocycles. The Morgan fingerprint density at radius 3 is 2.44 bits per heavy atom. The molecule has 1 saturated carbocycles. The van der Waals surface area contributed by atoms with Gasteiger partial charge in [-0.05, 0) is 99.6 Å². The Bertz CT molecular complexity index is 2630. The van der Waals surface area contributed by atoms with Crippen LogP contribution in [0.15, 0.2) is 70.7 Å². The van der Waals surface area contributed by atoms with Crippen LogP contribution in [0.3, 0.4) is 0 Å². The Labute approximate surface area is 369 Å². The second-order valence-corrected chi connectivity index (χ2v) is 18.8. The van der Waals surface area contributed by atoms with E-state index in [1.54, 1.807) is 23.5 Å². The number of hydrogen-bond acceptors (Lipinski definition) is 12. The van der Waals surface area contributed by atoms with Crippen molar-refractivity contribution in [3.05, 3.63) is 94.4 Å². The largest absolute Gasteiger partial charge is 0.507 e. The van der Waals surface area contributed by atoms with E-state index >= 15 is 0 Å². The zero-order valence-electron chi connectivity index (χ0n) is 36.0. The van der Waals surface area contributed by atoms with Gasteiger partial charge in [-0.25, -0.2) is 4.98 Å². The van der Waals surface area contributed by atoms with E-state index < -0.39 is 23.9 Å². The number of hydrogen-bond donors (Lipinski definition) is 5. The number of thiazole rings is 1. The highest BCUT2D eigenvalue weighted by molar-refractivity contribution is 7.13. The third-order valence-corrected chi connectivity index (χ3v) is 14.5. The Balaban J connectivity index is 0.800. The van der Waals surface area contributed by atoms with Gasteiger partial charge in [0.1, 0.15) is 17.3 Å². The van der Waals surface area contributed by atoms with Gasteiger partial charge in [0, 0.05) is 53.7 Å². The SMILES string of the molecule is Cc1ncsc1-c1ccc([C@H](C)NC(=O)[C@@H]2C[C@@H](O)CC2C(=O)[C@@H](c2cc(N3CCC(C(=O)N[C@@H]4CCc5[nH]c6nnc(-c7ccccc7O)cc6c5C4)CC3)no2)C(C)C)cc1. The van der Waals surface area contributed by atoms with Crippen molar-refractivity contribution in [3.63, 3.8) is 0 Å². The fourth-order valence-electron chi connectivity index (χ4n) is 9.97. The van der Waals surface area contributed by atoms with Crippen LogP contribution in [0.4, 0.5) is 5.82 Å². The standard InChI is InChI=1S/C48H54N8O6S/c1-25(2)43(44(59)35-20-32(57)21-37(35)48(61)50-26(3)28-9-11-29(12-10-28)45-27(4)49-24-63-45)41-23-42(55-62-41)56-17-15-30(16-18-56)47(60)51-31-13-14-38-34(19-31)36-22-39(53-54-46(36)52-38)33-7-5-6-8-40(33)58/h5-12,22-26,30-32,35,37,43,57-58H,13-21H2,1-4H3,(H,50,61)(H,51,60)(H,52,54)/t26-,31+,32-,35?,37+,43+/m0/s1. The lowest BCUT2D eigenvalue weighted by molar-refractivity contribution is -0.134. The molecule has 63 heavy (non-hydrogen) atoms. The molecular formula is C48H54N8O6S. The van der Waals surface area contributed by atoms with E-state index in [1.165, 1.54) is 0 Å². The number of benzene rings is 2. The summed E-state index contributed by atoms with van der Waals surface area (Å²) in [6.07, 6.45) is 3.25. The predicted octanol–water partition coefficient (Wildman–Crippen LogP) is 7.21. The highest BCUT2D eigenvalue weighted by Crippen LogP contribution is 2.41. The average Bonchev–Trinajstić information content (AvgIpc) is 4.10. The molecule has 328 valence electrons. The lowest BCUT2D eigenvalue weighted by Crippen LogP contribution is -2.45. The fourth-order valence-corrected chi connectivity index (χ4v) is 10.8. The van der Waals surface area contributed by atoms with Gasteiger partial charge < -0.3 is 35.3 Å². The molecule has 2 fully saturated rings. The van der Waals surface area contributed by atoms with Gasteiger partial charge in [0.2, 0.25) is 11.8 Å². The van der Waals surface area contributed by atoms with Crippen LogP contribution in [0.25, 0.3) is 32.7 Å². The number of aromatic nitrogens is 5. The number of fused-ring (bicyclic) bond motifs is 3. The number of Topliss-reactive ketones (excluding diaryl/α,β-unsaturated/α-hetero) is 1. The Morgan fingerprint density at radius 1 is 0.952 bits per heavy atom. The van der Waals surface area contributed by atoms with Crippen LogP contribution < -0.4 is 15.5 Å². The number of rotatable bonds is 12. The minimum absolute atomic E-state index is 0.0148. The summed E-state index contributed by atoms with van der Waals surface area (Å²) in [4.78, 5) is 52.8.